The summed E-state index contributed by atoms with van der Waals surface area (Å²) in [6.07, 6.45) is 3.38. The molecule has 3 unspecified atom stereocenters. The van der Waals surface area contributed by atoms with E-state index in [-0.39, 0.29) is 23.9 Å². The molecule has 3 atom stereocenters. The van der Waals surface area contributed by atoms with Crippen LogP contribution in [0.4, 0.5) is 0 Å². The average Bonchev–Trinajstić information content (AvgIpc) is 2.46. The second-order valence-electron chi connectivity index (χ2n) is 6.46. The second kappa shape index (κ2) is 8.83. The van der Waals surface area contributed by atoms with Gasteiger partial charge in [0.15, 0.2) is 0 Å². The summed E-state index contributed by atoms with van der Waals surface area (Å²) in [6, 6.07) is 9.76. The highest BCUT2D eigenvalue weighted by Gasteiger charge is 2.22. The number of benzene rings is 1. The maximum atomic E-state index is 12.3. The number of hydrogen-bond donors (Lipinski definition) is 2. The maximum Gasteiger partial charge on any atom is 0.224 e. The van der Waals surface area contributed by atoms with E-state index in [9.17, 15) is 4.79 Å². The second-order valence-corrected chi connectivity index (χ2v) is 6.46. The van der Waals surface area contributed by atoms with Crippen LogP contribution in [0, 0.1) is 11.8 Å². The molecule has 0 fully saturated rings. The van der Waals surface area contributed by atoms with Gasteiger partial charge in [0, 0.05) is 12.1 Å². The molecule has 0 spiro atoms. The van der Waals surface area contributed by atoms with Gasteiger partial charge in [0.1, 0.15) is 0 Å². The number of carbonyl (C=O) groups excluding carboxylic acids is 1. The Balaban J connectivity index is 2.43. The molecule has 118 valence electrons. The van der Waals surface area contributed by atoms with Crippen molar-refractivity contribution in [3.05, 3.63) is 35.9 Å². The molecule has 0 aliphatic heterocycles. The van der Waals surface area contributed by atoms with Gasteiger partial charge >= 0.3 is 0 Å². The summed E-state index contributed by atoms with van der Waals surface area (Å²) < 4.78 is 0. The van der Waals surface area contributed by atoms with E-state index in [0.29, 0.717) is 0 Å². The van der Waals surface area contributed by atoms with Crippen molar-refractivity contribution < 1.29 is 4.79 Å². The third-order valence-corrected chi connectivity index (χ3v) is 3.94. The fourth-order valence-electron chi connectivity index (χ4n) is 2.41. The van der Waals surface area contributed by atoms with E-state index in [4.69, 9.17) is 5.73 Å². The number of hydrogen-bond acceptors (Lipinski definition) is 2. The zero-order valence-corrected chi connectivity index (χ0v) is 13.8. The van der Waals surface area contributed by atoms with Crippen molar-refractivity contribution in [1.29, 1.82) is 0 Å². The van der Waals surface area contributed by atoms with Crippen molar-refractivity contribution in [3.63, 3.8) is 0 Å². The quantitative estimate of drug-likeness (QED) is 0.767. The van der Waals surface area contributed by atoms with Crippen LogP contribution in [0.2, 0.25) is 0 Å². The number of amides is 1. The number of nitrogens with two attached hydrogens (primary N) is 1. The van der Waals surface area contributed by atoms with Crippen molar-refractivity contribution in [2.24, 2.45) is 17.6 Å². The summed E-state index contributed by atoms with van der Waals surface area (Å²) in [7, 11) is 0. The Labute approximate surface area is 129 Å². The van der Waals surface area contributed by atoms with Crippen LogP contribution in [0.25, 0.3) is 0 Å². The largest absolute Gasteiger partial charge is 0.353 e. The van der Waals surface area contributed by atoms with Gasteiger partial charge in [0.25, 0.3) is 0 Å². The summed E-state index contributed by atoms with van der Waals surface area (Å²) in [5, 5.41) is 3.09. The molecule has 21 heavy (non-hydrogen) atoms. The van der Waals surface area contributed by atoms with Crippen LogP contribution >= 0.6 is 0 Å². The number of nitrogens with one attached hydrogen (secondary N) is 1. The summed E-state index contributed by atoms with van der Waals surface area (Å²) in [6.45, 7) is 8.42. The molecule has 3 heteroatoms. The van der Waals surface area contributed by atoms with Crippen LogP contribution in [0.3, 0.4) is 0 Å². The molecular formula is C18H30N2O. The summed E-state index contributed by atoms with van der Waals surface area (Å²) >= 11 is 0. The highest BCUT2D eigenvalue weighted by molar-refractivity contribution is 5.79. The van der Waals surface area contributed by atoms with Crippen molar-refractivity contribution in [3.8, 4) is 0 Å². The maximum absolute atomic E-state index is 12.3. The minimum Gasteiger partial charge on any atom is -0.353 e. The Bertz CT molecular complexity index is 416. The van der Waals surface area contributed by atoms with Crippen LogP contribution in [0.5, 0.6) is 0 Å². The first-order valence-corrected chi connectivity index (χ1v) is 8.02. The Morgan fingerprint density at radius 3 is 2.29 bits per heavy atom. The zero-order valence-electron chi connectivity index (χ0n) is 13.8. The van der Waals surface area contributed by atoms with E-state index in [0.717, 1.165) is 24.3 Å². The summed E-state index contributed by atoms with van der Waals surface area (Å²) in [4.78, 5) is 12.3. The van der Waals surface area contributed by atoms with Crippen molar-refractivity contribution in [2.75, 3.05) is 0 Å². The minimum absolute atomic E-state index is 0.0448. The molecule has 0 aromatic heterocycles. The van der Waals surface area contributed by atoms with Gasteiger partial charge < -0.3 is 11.1 Å². The first kappa shape index (κ1) is 17.7. The van der Waals surface area contributed by atoms with E-state index in [2.05, 4.69) is 26.1 Å². The first-order valence-electron chi connectivity index (χ1n) is 8.02. The highest BCUT2D eigenvalue weighted by Crippen LogP contribution is 2.19. The van der Waals surface area contributed by atoms with Crippen LogP contribution < -0.4 is 11.1 Å². The van der Waals surface area contributed by atoms with E-state index in [1.54, 1.807) is 0 Å². The van der Waals surface area contributed by atoms with E-state index in [1.807, 2.05) is 37.3 Å². The molecule has 1 amide bonds. The molecule has 0 aliphatic carbocycles. The number of rotatable bonds is 8. The fraction of sp³-hybridized carbons (Fsp3) is 0.611. The van der Waals surface area contributed by atoms with Gasteiger partial charge in [-0.25, -0.2) is 0 Å². The molecule has 1 rings (SSSR count). The molecule has 0 aliphatic rings. The molecule has 3 nitrogen and oxygen atoms in total. The lowest BCUT2D eigenvalue weighted by Gasteiger charge is -2.22. The van der Waals surface area contributed by atoms with E-state index in [1.165, 1.54) is 6.42 Å². The SMILES string of the molecule is CC(C)CCCC(C)NC(=O)C(C)C(N)c1ccccc1. The molecule has 1 aromatic carbocycles. The molecule has 0 bridgehead atoms. The first-order chi connectivity index (χ1) is 9.91. The fourth-order valence-corrected chi connectivity index (χ4v) is 2.41. The van der Waals surface area contributed by atoms with Gasteiger partial charge in [-0.2, -0.15) is 0 Å². The average molecular weight is 290 g/mol. The van der Waals surface area contributed by atoms with Crippen LogP contribution in [0.1, 0.15) is 58.6 Å². The third-order valence-electron chi connectivity index (χ3n) is 3.94. The molecule has 0 saturated heterocycles. The minimum atomic E-state index is -0.255. The standard InChI is InChI=1S/C18H30N2O/c1-13(2)9-8-10-14(3)20-18(21)15(4)17(19)16-11-6-5-7-12-16/h5-7,11-15,17H,8-10,19H2,1-4H3,(H,20,21). The lowest BCUT2D eigenvalue weighted by atomic mass is 9.94. The Morgan fingerprint density at radius 1 is 1.10 bits per heavy atom. The summed E-state index contributed by atoms with van der Waals surface area (Å²) in [5.41, 5.74) is 7.20. The van der Waals surface area contributed by atoms with Gasteiger partial charge in [-0.3, -0.25) is 4.79 Å². The van der Waals surface area contributed by atoms with Crippen molar-refractivity contribution in [2.45, 2.75) is 59.0 Å². The van der Waals surface area contributed by atoms with Crippen LogP contribution in [-0.2, 0) is 4.79 Å². The monoisotopic (exact) mass is 290 g/mol. The molecule has 0 heterocycles. The highest BCUT2D eigenvalue weighted by atomic mass is 16.1. The third kappa shape index (κ3) is 6.30. The summed E-state index contributed by atoms with van der Waals surface area (Å²) in [5.74, 6) is 0.543. The molecule has 0 radical (unpaired) electrons. The molecular weight excluding hydrogens is 260 g/mol. The zero-order chi connectivity index (χ0) is 15.8. The molecule has 1 aromatic rings. The number of carbonyl (C=O) groups is 1. The Kier molecular flexibility index (Phi) is 7.44. The van der Waals surface area contributed by atoms with Crippen LogP contribution in [0.15, 0.2) is 30.3 Å². The predicted molar refractivity (Wildman–Crippen MR) is 88.8 cm³/mol. The molecule has 0 saturated carbocycles. The van der Waals surface area contributed by atoms with Gasteiger partial charge in [-0.05, 0) is 24.8 Å². The van der Waals surface area contributed by atoms with Gasteiger partial charge in [0.05, 0.1) is 5.92 Å². The lowest BCUT2D eigenvalue weighted by molar-refractivity contribution is -0.125. The normalized spacial score (nSPS) is 15.5. The van der Waals surface area contributed by atoms with Crippen molar-refractivity contribution >= 4 is 5.91 Å². The van der Waals surface area contributed by atoms with Crippen molar-refractivity contribution in [1.82, 2.24) is 5.32 Å². The van der Waals surface area contributed by atoms with Crippen LogP contribution in [-0.4, -0.2) is 11.9 Å². The smallest absolute Gasteiger partial charge is 0.224 e. The lowest BCUT2D eigenvalue weighted by Crippen LogP contribution is -2.40. The van der Waals surface area contributed by atoms with E-state index < -0.39 is 0 Å². The topological polar surface area (TPSA) is 55.1 Å². The Hall–Kier alpha value is -1.35. The molecule has 3 N–H and O–H groups in total. The van der Waals surface area contributed by atoms with Gasteiger partial charge in [-0.15, -0.1) is 0 Å². The Morgan fingerprint density at radius 2 is 1.71 bits per heavy atom. The van der Waals surface area contributed by atoms with E-state index >= 15 is 0 Å². The predicted octanol–water partition coefficient (Wildman–Crippen LogP) is 3.65. The van der Waals surface area contributed by atoms with Gasteiger partial charge in [-0.1, -0.05) is 63.9 Å². The van der Waals surface area contributed by atoms with Gasteiger partial charge in [0.2, 0.25) is 5.91 Å².